The van der Waals surface area contributed by atoms with E-state index in [9.17, 15) is 4.79 Å². The summed E-state index contributed by atoms with van der Waals surface area (Å²) in [6, 6.07) is 0. The first-order valence-corrected chi connectivity index (χ1v) is 6.77. The van der Waals surface area contributed by atoms with E-state index in [1.807, 2.05) is 13.8 Å². The van der Waals surface area contributed by atoms with Gasteiger partial charge < -0.3 is 15.0 Å². The molecule has 0 spiro atoms. The number of nitrogens with zero attached hydrogens (tertiary/aromatic N) is 1. The maximum absolute atomic E-state index is 11.6. The van der Waals surface area contributed by atoms with Crippen LogP contribution in [0.2, 0.25) is 0 Å². The number of likely N-dealkylation sites (tertiary alicyclic amines) is 1. The summed E-state index contributed by atoms with van der Waals surface area (Å²) in [6.45, 7) is 10.1. The molecule has 0 aromatic heterocycles. The second kappa shape index (κ2) is 6.02. The maximum Gasteiger partial charge on any atom is 0.312 e. The van der Waals surface area contributed by atoms with Crippen molar-refractivity contribution in [3.05, 3.63) is 0 Å². The van der Waals surface area contributed by atoms with E-state index < -0.39 is 5.41 Å². The Bertz CT molecular complexity index is 282. The van der Waals surface area contributed by atoms with Crippen molar-refractivity contribution in [1.82, 2.24) is 10.2 Å². The molecule has 1 heterocycles. The second-order valence-electron chi connectivity index (χ2n) is 6.59. The highest BCUT2D eigenvalue weighted by Crippen LogP contribution is 2.29. The first kappa shape index (κ1) is 15.4. The van der Waals surface area contributed by atoms with Crippen LogP contribution in [0.5, 0.6) is 0 Å². The molecular formula is C14H28N2O2. The standard InChI is InChI=1S/C14H28N2O2/c1-13(2,12(17)18-5)10-15-11-14(3)6-8-16(4)9-7-14/h15H,6-11H2,1-5H3. The van der Waals surface area contributed by atoms with Crippen LogP contribution in [0.4, 0.5) is 0 Å². The molecule has 1 saturated heterocycles. The van der Waals surface area contributed by atoms with Crippen LogP contribution >= 0.6 is 0 Å². The fourth-order valence-corrected chi connectivity index (χ4v) is 2.36. The minimum Gasteiger partial charge on any atom is -0.469 e. The van der Waals surface area contributed by atoms with Crippen molar-refractivity contribution in [2.75, 3.05) is 40.3 Å². The fourth-order valence-electron chi connectivity index (χ4n) is 2.36. The molecule has 0 atom stereocenters. The van der Waals surface area contributed by atoms with Gasteiger partial charge in [0, 0.05) is 13.1 Å². The van der Waals surface area contributed by atoms with E-state index in [0.29, 0.717) is 12.0 Å². The molecule has 0 amide bonds. The average molecular weight is 256 g/mol. The number of rotatable bonds is 5. The zero-order chi connectivity index (χ0) is 13.8. The van der Waals surface area contributed by atoms with Gasteiger partial charge >= 0.3 is 5.97 Å². The van der Waals surface area contributed by atoms with Crippen LogP contribution in [0.15, 0.2) is 0 Å². The van der Waals surface area contributed by atoms with E-state index in [4.69, 9.17) is 4.74 Å². The van der Waals surface area contributed by atoms with Gasteiger partial charge in [-0.05, 0) is 52.2 Å². The molecule has 0 radical (unpaired) electrons. The van der Waals surface area contributed by atoms with E-state index in [-0.39, 0.29) is 5.97 Å². The normalized spacial score (nSPS) is 20.7. The summed E-state index contributed by atoms with van der Waals surface area (Å²) in [6.07, 6.45) is 2.43. The van der Waals surface area contributed by atoms with Crippen LogP contribution in [0.3, 0.4) is 0 Å². The van der Waals surface area contributed by atoms with Gasteiger partial charge in [0.15, 0.2) is 0 Å². The molecule has 1 aliphatic rings. The Hall–Kier alpha value is -0.610. The molecule has 1 aliphatic heterocycles. The van der Waals surface area contributed by atoms with Crippen LogP contribution in [-0.2, 0) is 9.53 Å². The monoisotopic (exact) mass is 256 g/mol. The zero-order valence-electron chi connectivity index (χ0n) is 12.5. The Balaban J connectivity index is 2.35. The molecule has 1 rings (SSSR count). The van der Waals surface area contributed by atoms with Crippen molar-refractivity contribution in [3.63, 3.8) is 0 Å². The topological polar surface area (TPSA) is 41.6 Å². The molecule has 0 bridgehead atoms. The lowest BCUT2D eigenvalue weighted by Crippen LogP contribution is -2.45. The third kappa shape index (κ3) is 4.25. The Morgan fingerprint density at radius 2 is 1.94 bits per heavy atom. The van der Waals surface area contributed by atoms with E-state index in [1.54, 1.807) is 0 Å². The highest BCUT2D eigenvalue weighted by Gasteiger charge is 2.31. The number of nitrogens with one attached hydrogen (secondary N) is 1. The molecule has 4 nitrogen and oxygen atoms in total. The molecule has 1 fully saturated rings. The van der Waals surface area contributed by atoms with Crippen LogP contribution in [-0.4, -0.2) is 51.2 Å². The predicted octanol–water partition coefficient (Wildman–Crippen LogP) is 1.51. The third-order valence-electron chi connectivity index (χ3n) is 4.05. The summed E-state index contributed by atoms with van der Waals surface area (Å²) in [5, 5.41) is 3.45. The second-order valence-corrected chi connectivity index (χ2v) is 6.59. The molecule has 0 saturated carbocycles. The third-order valence-corrected chi connectivity index (χ3v) is 4.05. The molecule has 4 heteroatoms. The molecule has 18 heavy (non-hydrogen) atoms. The Morgan fingerprint density at radius 3 is 2.44 bits per heavy atom. The number of piperidine rings is 1. The largest absolute Gasteiger partial charge is 0.469 e. The van der Waals surface area contributed by atoms with Crippen molar-refractivity contribution in [2.45, 2.75) is 33.6 Å². The van der Waals surface area contributed by atoms with E-state index in [1.165, 1.54) is 33.0 Å². The zero-order valence-corrected chi connectivity index (χ0v) is 12.5. The van der Waals surface area contributed by atoms with Gasteiger partial charge in [-0.1, -0.05) is 6.92 Å². The predicted molar refractivity (Wildman–Crippen MR) is 73.5 cm³/mol. The Labute approximate surface area is 111 Å². The summed E-state index contributed by atoms with van der Waals surface area (Å²) in [4.78, 5) is 13.9. The van der Waals surface area contributed by atoms with Gasteiger partial charge in [-0.2, -0.15) is 0 Å². The Morgan fingerprint density at radius 1 is 1.39 bits per heavy atom. The van der Waals surface area contributed by atoms with E-state index >= 15 is 0 Å². The lowest BCUT2D eigenvalue weighted by Gasteiger charge is -2.38. The maximum atomic E-state index is 11.6. The summed E-state index contributed by atoms with van der Waals surface area (Å²) in [7, 11) is 3.62. The number of ether oxygens (including phenoxy) is 1. The SMILES string of the molecule is COC(=O)C(C)(C)CNCC1(C)CCN(C)CC1. The molecule has 0 aromatic rings. The summed E-state index contributed by atoms with van der Waals surface area (Å²) in [5.41, 5.74) is -0.0880. The van der Waals surface area contributed by atoms with Gasteiger partial charge in [0.25, 0.3) is 0 Å². The minimum atomic E-state index is -0.448. The van der Waals surface area contributed by atoms with E-state index in [2.05, 4.69) is 24.2 Å². The number of carbonyl (C=O) groups excluding carboxylic acids is 1. The first-order chi connectivity index (χ1) is 8.29. The number of methoxy groups -OCH3 is 1. The van der Waals surface area contributed by atoms with Crippen molar-refractivity contribution in [3.8, 4) is 0 Å². The quantitative estimate of drug-likeness (QED) is 0.757. The first-order valence-electron chi connectivity index (χ1n) is 6.77. The lowest BCUT2D eigenvalue weighted by molar-refractivity contribution is -0.150. The van der Waals surface area contributed by atoms with Crippen LogP contribution in [0.25, 0.3) is 0 Å². The van der Waals surface area contributed by atoms with Gasteiger partial charge in [-0.25, -0.2) is 0 Å². The van der Waals surface area contributed by atoms with E-state index in [0.717, 1.165) is 6.54 Å². The van der Waals surface area contributed by atoms with Crippen LogP contribution < -0.4 is 5.32 Å². The lowest BCUT2D eigenvalue weighted by atomic mass is 9.80. The van der Waals surface area contributed by atoms with Gasteiger partial charge in [-0.3, -0.25) is 4.79 Å². The van der Waals surface area contributed by atoms with Crippen molar-refractivity contribution >= 4 is 5.97 Å². The highest BCUT2D eigenvalue weighted by molar-refractivity contribution is 5.76. The summed E-state index contributed by atoms with van der Waals surface area (Å²) >= 11 is 0. The summed E-state index contributed by atoms with van der Waals surface area (Å²) in [5.74, 6) is -0.150. The number of hydrogen-bond acceptors (Lipinski definition) is 4. The van der Waals surface area contributed by atoms with Gasteiger partial charge in [0.2, 0.25) is 0 Å². The number of esters is 1. The molecule has 0 aromatic carbocycles. The van der Waals surface area contributed by atoms with Crippen molar-refractivity contribution in [2.24, 2.45) is 10.8 Å². The van der Waals surface area contributed by atoms with Gasteiger partial charge in [0.05, 0.1) is 12.5 Å². The molecule has 1 N–H and O–H groups in total. The van der Waals surface area contributed by atoms with Crippen LogP contribution in [0, 0.1) is 10.8 Å². The van der Waals surface area contributed by atoms with Gasteiger partial charge in [-0.15, -0.1) is 0 Å². The fraction of sp³-hybridized carbons (Fsp3) is 0.929. The molecule has 0 unspecified atom stereocenters. The highest BCUT2D eigenvalue weighted by atomic mass is 16.5. The van der Waals surface area contributed by atoms with Gasteiger partial charge in [0.1, 0.15) is 0 Å². The Kier molecular flexibility index (Phi) is 5.17. The number of hydrogen-bond donors (Lipinski definition) is 1. The smallest absolute Gasteiger partial charge is 0.312 e. The van der Waals surface area contributed by atoms with Crippen LogP contribution in [0.1, 0.15) is 33.6 Å². The minimum absolute atomic E-state index is 0.150. The average Bonchev–Trinajstić information content (AvgIpc) is 2.32. The van der Waals surface area contributed by atoms with Crippen molar-refractivity contribution < 1.29 is 9.53 Å². The number of carbonyl (C=O) groups is 1. The molecule has 0 aliphatic carbocycles. The molecule has 106 valence electrons. The summed E-state index contributed by atoms with van der Waals surface area (Å²) < 4.78 is 4.81. The van der Waals surface area contributed by atoms with Crippen molar-refractivity contribution in [1.29, 1.82) is 0 Å². The molecular weight excluding hydrogens is 228 g/mol.